The molecule has 0 spiro atoms. The van der Waals surface area contributed by atoms with Crippen LogP contribution in [0.5, 0.6) is 5.75 Å². The molecule has 1 heterocycles. The summed E-state index contributed by atoms with van der Waals surface area (Å²) in [6.45, 7) is 3.43. The van der Waals surface area contributed by atoms with Gasteiger partial charge in [-0.3, -0.25) is 5.32 Å². The standard InChI is InChI=1S/C17H16ClNO3/c1-17(10-21-11-17)14-8-7-12(9-15(14)18)19-16(20)22-13-5-3-2-4-6-13/h2-9H,10-11H2,1H3,(H,19,20). The van der Waals surface area contributed by atoms with Crippen LogP contribution in [0.3, 0.4) is 0 Å². The highest BCUT2D eigenvalue weighted by molar-refractivity contribution is 6.31. The number of amides is 1. The lowest BCUT2D eigenvalue weighted by atomic mass is 9.81. The minimum absolute atomic E-state index is 0.0415. The Labute approximate surface area is 134 Å². The van der Waals surface area contributed by atoms with Gasteiger partial charge in [-0.2, -0.15) is 0 Å². The number of para-hydroxylation sites is 1. The fraction of sp³-hybridized carbons (Fsp3) is 0.235. The van der Waals surface area contributed by atoms with Gasteiger partial charge < -0.3 is 9.47 Å². The quantitative estimate of drug-likeness (QED) is 0.921. The van der Waals surface area contributed by atoms with Crippen LogP contribution in [0.2, 0.25) is 5.02 Å². The van der Waals surface area contributed by atoms with Gasteiger partial charge in [0, 0.05) is 16.1 Å². The van der Waals surface area contributed by atoms with E-state index in [-0.39, 0.29) is 5.41 Å². The van der Waals surface area contributed by atoms with Crippen LogP contribution >= 0.6 is 11.6 Å². The zero-order valence-electron chi connectivity index (χ0n) is 12.1. The third-order valence-corrected chi connectivity index (χ3v) is 3.97. The summed E-state index contributed by atoms with van der Waals surface area (Å²) < 4.78 is 10.4. The van der Waals surface area contributed by atoms with E-state index >= 15 is 0 Å². The molecule has 1 N–H and O–H groups in total. The number of benzene rings is 2. The summed E-state index contributed by atoms with van der Waals surface area (Å²) >= 11 is 6.32. The molecule has 1 aliphatic rings. The summed E-state index contributed by atoms with van der Waals surface area (Å²) in [6, 6.07) is 14.4. The van der Waals surface area contributed by atoms with Gasteiger partial charge in [0.1, 0.15) is 5.75 Å². The van der Waals surface area contributed by atoms with Gasteiger partial charge in [0.15, 0.2) is 0 Å². The average Bonchev–Trinajstić information content (AvgIpc) is 2.46. The van der Waals surface area contributed by atoms with Gasteiger partial charge in [-0.05, 0) is 29.8 Å². The van der Waals surface area contributed by atoms with E-state index in [1.165, 1.54) is 0 Å². The van der Waals surface area contributed by atoms with Gasteiger partial charge in [-0.25, -0.2) is 4.79 Å². The predicted octanol–water partition coefficient (Wildman–Crippen LogP) is 4.24. The number of hydrogen-bond donors (Lipinski definition) is 1. The Bertz CT molecular complexity index is 684. The first-order valence-corrected chi connectivity index (χ1v) is 7.36. The van der Waals surface area contributed by atoms with E-state index in [4.69, 9.17) is 21.1 Å². The number of rotatable bonds is 3. The molecule has 1 fully saturated rings. The summed E-state index contributed by atoms with van der Waals surface area (Å²) in [7, 11) is 0. The molecule has 0 atom stereocenters. The Balaban J connectivity index is 1.68. The minimum Gasteiger partial charge on any atom is -0.410 e. The Morgan fingerprint density at radius 3 is 2.55 bits per heavy atom. The Morgan fingerprint density at radius 1 is 1.23 bits per heavy atom. The number of ether oxygens (including phenoxy) is 2. The van der Waals surface area contributed by atoms with Crippen LogP contribution < -0.4 is 10.1 Å². The summed E-state index contributed by atoms with van der Waals surface area (Å²) in [5.74, 6) is 0.488. The van der Waals surface area contributed by atoms with Crippen molar-refractivity contribution in [3.05, 3.63) is 59.1 Å². The molecule has 2 aromatic rings. The molecule has 2 aromatic carbocycles. The lowest BCUT2D eigenvalue weighted by Crippen LogP contribution is -2.44. The van der Waals surface area contributed by atoms with E-state index in [1.807, 2.05) is 18.2 Å². The third kappa shape index (κ3) is 3.08. The van der Waals surface area contributed by atoms with Crippen molar-refractivity contribution in [1.82, 2.24) is 0 Å². The topological polar surface area (TPSA) is 47.6 Å². The largest absolute Gasteiger partial charge is 0.417 e. The minimum atomic E-state index is -0.548. The Hall–Kier alpha value is -2.04. The van der Waals surface area contributed by atoms with Gasteiger partial charge in [0.2, 0.25) is 0 Å². The second kappa shape index (κ2) is 5.99. The zero-order valence-corrected chi connectivity index (χ0v) is 12.9. The highest BCUT2D eigenvalue weighted by Crippen LogP contribution is 2.37. The van der Waals surface area contributed by atoms with Crippen LogP contribution in [-0.2, 0) is 10.2 Å². The van der Waals surface area contributed by atoms with E-state index < -0.39 is 6.09 Å². The second-order valence-corrected chi connectivity index (χ2v) is 5.98. The van der Waals surface area contributed by atoms with Crippen molar-refractivity contribution >= 4 is 23.4 Å². The molecule has 4 nitrogen and oxygen atoms in total. The average molecular weight is 318 g/mol. The van der Waals surface area contributed by atoms with Crippen molar-refractivity contribution in [3.8, 4) is 5.75 Å². The van der Waals surface area contributed by atoms with E-state index in [0.29, 0.717) is 29.7 Å². The zero-order chi connectivity index (χ0) is 15.6. The molecule has 22 heavy (non-hydrogen) atoms. The first-order valence-electron chi connectivity index (χ1n) is 6.98. The maximum Gasteiger partial charge on any atom is 0.417 e. The van der Waals surface area contributed by atoms with Crippen molar-refractivity contribution in [3.63, 3.8) is 0 Å². The molecule has 5 heteroatoms. The highest BCUT2D eigenvalue weighted by Gasteiger charge is 2.36. The smallest absolute Gasteiger partial charge is 0.410 e. The maximum absolute atomic E-state index is 11.8. The summed E-state index contributed by atoms with van der Waals surface area (Å²) in [5.41, 5.74) is 1.58. The summed E-state index contributed by atoms with van der Waals surface area (Å²) in [5, 5.41) is 3.28. The lowest BCUT2D eigenvalue weighted by molar-refractivity contribution is -0.0499. The molecular formula is C17H16ClNO3. The van der Waals surface area contributed by atoms with Gasteiger partial charge >= 0.3 is 6.09 Å². The fourth-order valence-corrected chi connectivity index (χ4v) is 2.79. The molecule has 3 rings (SSSR count). The van der Waals surface area contributed by atoms with Crippen LogP contribution in [0.25, 0.3) is 0 Å². The normalized spacial score (nSPS) is 15.7. The Morgan fingerprint density at radius 2 is 1.95 bits per heavy atom. The van der Waals surface area contributed by atoms with Crippen LogP contribution in [0.15, 0.2) is 48.5 Å². The molecule has 1 aliphatic heterocycles. The van der Waals surface area contributed by atoms with Crippen molar-refractivity contribution in [2.75, 3.05) is 18.5 Å². The SMILES string of the molecule is CC1(c2ccc(NC(=O)Oc3ccccc3)cc2Cl)COC1. The molecule has 1 amide bonds. The third-order valence-electron chi connectivity index (χ3n) is 3.66. The summed E-state index contributed by atoms with van der Waals surface area (Å²) in [6.07, 6.45) is -0.548. The van der Waals surface area contributed by atoms with Gasteiger partial charge in [0.05, 0.1) is 13.2 Å². The number of carbonyl (C=O) groups excluding carboxylic acids is 1. The van der Waals surface area contributed by atoms with Gasteiger partial charge in [0.25, 0.3) is 0 Å². The maximum atomic E-state index is 11.8. The van der Waals surface area contributed by atoms with E-state index in [2.05, 4.69) is 12.2 Å². The lowest BCUT2D eigenvalue weighted by Gasteiger charge is -2.39. The first-order chi connectivity index (χ1) is 10.6. The molecule has 114 valence electrons. The molecule has 0 unspecified atom stereocenters. The number of anilines is 1. The Kier molecular flexibility index (Phi) is 4.05. The highest BCUT2D eigenvalue weighted by atomic mass is 35.5. The molecule has 0 aliphatic carbocycles. The number of halogens is 1. The number of nitrogens with one attached hydrogen (secondary N) is 1. The van der Waals surface area contributed by atoms with Crippen LogP contribution in [0.4, 0.5) is 10.5 Å². The van der Waals surface area contributed by atoms with E-state index in [1.54, 1.807) is 30.3 Å². The van der Waals surface area contributed by atoms with Crippen molar-refractivity contribution < 1.29 is 14.3 Å². The predicted molar refractivity (Wildman–Crippen MR) is 85.7 cm³/mol. The van der Waals surface area contributed by atoms with Gasteiger partial charge in [-0.15, -0.1) is 0 Å². The van der Waals surface area contributed by atoms with Crippen LogP contribution in [0, 0.1) is 0 Å². The van der Waals surface area contributed by atoms with Crippen molar-refractivity contribution in [2.45, 2.75) is 12.3 Å². The van der Waals surface area contributed by atoms with E-state index in [0.717, 1.165) is 5.56 Å². The monoisotopic (exact) mass is 317 g/mol. The van der Waals surface area contributed by atoms with Gasteiger partial charge in [-0.1, -0.05) is 42.8 Å². The molecule has 1 saturated heterocycles. The van der Waals surface area contributed by atoms with Crippen molar-refractivity contribution in [1.29, 1.82) is 0 Å². The number of hydrogen-bond acceptors (Lipinski definition) is 3. The second-order valence-electron chi connectivity index (χ2n) is 5.58. The fourth-order valence-electron chi connectivity index (χ4n) is 2.39. The molecule has 0 aromatic heterocycles. The first kappa shape index (κ1) is 14.9. The molecular weight excluding hydrogens is 302 g/mol. The van der Waals surface area contributed by atoms with Crippen LogP contribution in [0.1, 0.15) is 12.5 Å². The summed E-state index contributed by atoms with van der Waals surface area (Å²) in [4.78, 5) is 11.8. The number of carbonyl (C=O) groups is 1. The van der Waals surface area contributed by atoms with Crippen molar-refractivity contribution in [2.24, 2.45) is 0 Å². The molecule has 0 bridgehead atoms. The molecule has 0 saturated carbocycles. The van der Waals surface area contributed by atoms with Crippen LogP contribution in [-0.4, -0.2) is 19.3 Å². The van der Waals surface area contributed by atoms with E-state index in [9.17, 15) is 4.79 Å². The molecule has 0 radical (unpaired) electrons.